The van der Waals surface area contributed by atoms with E-state index in [0.29, 0.717) is 0 Å². The summed E-state index contributed by atoms with van der Waals surface area (Å²) in [6.45, 7) is -1.49. The molecule has 1 aromatic heterocycles. The van der Waals surface area contributed by atoms with Crippen molar-refractivity contribution in [3.05, 3.63) is 34.4 Å². The Hall–Kier alpha value is 0.350. The largest absolute Gasteiger partial charge is 1.00 e. The normalized spacial score (nSPS) is 33.0. The maximum atomic E-state index is 12.2. The molecule has 1 aromatic rings. The zero-order valence-electron chi connectivity index (χ0n) is 20.2. The number of nitrogen functional groups attached to an aromatic ring is 1. The van der Waals surface area contributed by atoms with Gasteiger partial charge in [0.05, 0.1) is 25.2 Å². The fourth-order valence-corrected chi connectivity index (χ4v) is 5.45. The number of carboxylic acids is 2. The van der Waals surface area contributed by atoms with Gasteiger partial charge >= 0.3 is 94.4 Å². The Morgan fingerprint density at radius 2 is 1.84 bits per heavy atom. The molecule has 0 amide bonds. The van der Waals surface area contributed by atoms with Crippen molar-refractivity contribution in [2.24, 2.45) is 17.3 Å². The minimum atomic E-state index is -5.07. The molecule has 19 heteroatoms. The molecule has 1 unspecified atom stereocenters. The smallest absolute Gasteiger partial charge is 0.756 e. The van der Waals surface area contributed by atoms with Gasteiger partial charge in [0.25, 0.3) is 7.82 Å². The van der Waals surface area contributed by atoms with Crippen molar-refractivity contribution in [3.63, 3.8) is 0 Å². The van der Waals surface area contributed by atoms with Gasteiger partial charge in [0.2, 0.25) is 0 Å². The van der Waals surface area contributed by atoms with Crippen LogP contribution in [0.15, 0.2) is 28.7 Å². The second-order valence-corrected chi connectivity index (χ2v) is 9.55. The van der Waals surface area contributed by atoms with Crippen LogP contribution in [0, 0.1) is 17.3 Å². The van der Waals surface area contributed by atoms with Gasteiger partial charge in [-0.1, -0.05) is 6.08 Å². The number of carboxylic acid groups (broad SMARTS) is 2. The summed E-state index contributed by atoms with van der Waals surface area (Å²) in [5.74, 6) is -5.14. The number of allylic oxidation sites excluding steroid dienone is 1. The Morgan fingerprint density at radius 3 is 2.41 bits per heavy atom. The molecule has 186 valence electrons. The van der Waals surface area contributed by atoms with Crippen LogP contribution in [-0.2, 0) is 27.9 Å². The number of carbonyl (C=O) groups is 2. The van der Waals surface area contributed by atoms with Crippen LogP contribution in [0.2, 0.25) is 0 Å². The van der Waals surface area contributed by atoms with Crippen LogP contribution in [0.1, 0.15) is 12.6 Å². The number of rotatable bonds is 9. The minimum Gasteiger partial charge on any atom is -0.756 e. The molecule has 2 fully saturated rings. The van der Waals surface area contributed by atoms with Gasteiger partial charge < -0.3 is 54.4 Å². The molecule has 4 N–H and O–H groups in total. The predicted molar refractivity (Wildman–Crippen MR) is 100 cm³/mol. The maximum Gasteiger partial charge on any atom is 1.00 e. The molecule has 37 heavy (non-hydrogen) atoms. The number of aliphatic hydroxyl groups is 2. The molecular weight excluding hydrogens is 550 g/mol. The third-order valence-corrected chi connectivity index (χ3v) is 7.33. The van der Waals surface area contributed by atoms with E-state index in [1.54, 1.807) is 0 Å². The standard InChI is InChI=1S/C18H22N3O12P.3Na/c19-11-3-4-21(17(28)20-11)14-13(23)12(22)10(33-14)6-32-34(29,30)31-5-9-7-1-2-8(15(24)25)18(7,9)16(26)27;;;/h2-4,7,9-10,12-14,22-23H,1,5-6H2,(H,24,25)(H,26,27)(H,29,30)(H2,19,20,28);;;/q;3*+1/p-3/t7-,9+,10-,12-,13-,14-,18-;;;/m1.../s1. The number of phosphoric acid groups is 1. The SMILES string of the molecule is Nc1ccn([C@@H]2O[C@H](COP(=O)([O-])OC[C@H]3[C@H]4CC=C(C(=O)[O-])[C@]43C(=O)[O-])[C@@H](O)[C@H]2O)c(=O)n1.[Na+].[Na+].[Na+]. The first-order valence-corrected chi connectivity index (χ1v) is 11.5. The molecule has 8 atom stereocenters. The van der Waals surface area contributed by atoms with Crippen LogP contribution in [0.3, 0.4) is 0 Å². The Bertz CT molecular complexity index is 1170. The van der Waals surface area contributed by atoms with E-state index >= 15 is 0 Å². The Labute approximate surface area is 275 Å². The molecule has 15 nitrogen and oxygen atoms in total. The van der Waals surface area contributed by atoms with E-state index in [1.165, 1.54) is 18.3 Å². The fourth-order valence-electron chi connectivity index (χ4n) is 4.70. The van der Waals surface area contributed by atoms with E-state index in [2.05, 4.69) is 9.51 Å². The first-order valence-electron chi connectivity index (χ1n) is 10.00. The minimum absolute atomic E-state index is 0. The van der Waals surface area contributed by atoms with Gasteiger partial charge in [0.1, 0.15) is 24.1 Å². The molecule has 0 radical (unpaired) electrons. The topological polar surface area (TPSA) is 249 Å². The quantitative estimate of drug-likeness (QED) is 0.185. The molecule has 1 saturated heterocycles. The van der Waals surface area contributed by atoms with Crippen LogP contribution in [0.4, 0.5) is 5.82 Å². The molecule has 1 aliphatic heterocycles. The van der Waals surface area contributed by atoms with Crippen molar-refractivity contribution in [2.75, 3.05) is 18.9 Å². The van der Waals surface area contributed by atoms with Crippen molar-refractivity contribution >= 4 is 25.6 Å². The predicted octanol–water partition coefficient (Wildman–Crippen LogP) is -14.0. The number of aliphatic hydroxyl groups excluding tert-OH is 2. The number of fused-ring (bicyclic) bond motifs is 1. The average Bonchev–Trinajstić information content (AvgIpc) is 3.05. The number of nitrogens with two attached hydrogens (primary N) is 1. The third kappa shape index (κ3) is 6.64. The average molecular weight is 569 g/mol. The summed E-state index contributed by atoms with van der Waals surface area (Å²) in [6.07, 6.45) is -3.62. The van der Waals surface area contributed by atoms with Gasteiger partial charge in [0.15, 0.2) is 6.23 Å². The van der Waals surface area contributed by atoms with E-state index in [0.717, 1.165) is 4.57 Å². The molecule has 0 aromatic carbocycles. The van der Waals surface area contributed by atoms with E-state index in [9.17, 15) is 44.3 Å². The summed E-state index contributed by atoms with van der Waals surface area (Å²) in [4.78, 5) is 50.4. The van der Waals surface area contributed by atoms with Crippen molar-refractivity contribution in [1.82, 2.24) is 9.55 Å². The zero-order chi connectivity index (χ0) is 25.0. The Balaban J connectivity index is 0.00000228. The summed E-state index contributed by atoms with van der Waals surface area (Å²) in [6, 6.07) is 1.25. The zero-order valence-corrected chi connectivity index (χ0v) is 27.1. The molecule has 1 saturated carbocycles. The molecule has 2 heterocycles. The number of ether oxygens (including phenoxy) is 1. The van der Waals surface area contributed by atoms with Crippen LogP contribution in [0.5, 0.6) is 0 Å². The molecule has 3 aliphatic rings. The van der Waals surface area contributed by atoms with Gasteiger partial charge in [0, 0.05) is 17.5 Å². The Morgan fingerprint density at radius 1 is 1.22 bits per heavy atom. The van der Waals surface area contributed by atoms with Gasteiger partial charge in [-0.2, -0.15) is 4.98 Å². The molecular formula is C18H19N3Na3O12P. The van der Waals surface area contributed by atoms with E-state index < -0.39 is 86.0 Å². The Kier molecular flexibility index (Phi) is 12.8. The van der Waals surface area contributed by atoms with Crippen LogP contribution >= 0.6 is 7.82 Å². The number of carbonyl (C=O) groups excluding carboxylic acids is 2. The number of anilines is 1. The van der Waals surface area contributed by atoms with Gasteiger partial charge in [-0.3, -0.25) is 9.13 Å². The van der Waals surface area contributed by atoms with Crippen molar-refractivity contribution in [3.8, 4) is 0 Å². The first-order chi connectivity index (χ1) is 15.9. The molecule has 0 spiro atoms. The van der Waals surface area contributed by atoms with Gasteiger partial charge in [-0.25, -0.2) is 4.79 Å². The number of phosphoric ester groups is 1. The first kappa shape index (κ1) is 35.4. The number of aliphatic carboxylic acids is 2. The number of aromatic nitrogens is 2. The number of hydrogen-bond acceptors (Lipinski definition) is 14. The van der Waals surface area contributed by atoms with Gasteiger partial charge in [-0.05, 0) is 24.0 Å². The molecule has 4 rings (SSSR count). The van der Waals surface area contributed by atoms with Crippen molar-refractivity contribution in [2.45, 2.75) is 31.0 Å². The summed E-state index contributed by atoms with van der Waals surface area (Å²) >= 11 is 0. The van der Waals surface area contributed by atoms with Crippen LogP contribution < -0.4 is 115 Å². The molecule has 0 bridgehead atoms. The van der Waals surface area contributed by atoms with Crippen molar-refractivity contribution in [1.29, 1.82) is 0 Å². The molecule has 2 aliphatic carbocycles. The monoisotopic (exact) mass is 569 g/mol. The van der Waals surface area contributed by atoms with Gasteiger partial charge in [-0.15, -0.1) is 0 Å². The third-order valence-electron chi connectivity index (χ3n) is 6.40. The summed E-state index contributed by atoms with van der Waals surface area (Å²) < 4.78 is 27.8. The second-order valence-electron chi connectivity index (χ2n) is 8.14. The number of nitrogens with zero attached hydrogens (tertiary/aromatic N) is 2. The van der Waals surface area contributed by atoms with E-state index in [1.807, 2.05) is 0 Å². The van der Waals surface area contributed by atoms with Crippen LogP contribution in [0.25, 0.3) is 0 Å². The summed E-state index contributed by atoms with van der Waals surface area (Å²) in [5.41, 5.74) is 2.15. The van der Waals surface area contributed by atoms with Crippen molar-refractivity contribution < 1.29 is 142 Å². The summed E-state index contributed by atoms with van der Waals surface area (Å²) in [5, 5.41) is 43.2. The second kappa shape index (κ2) is 13.3. The van der Waals surface area contributed by atoms with Crippen LogP contribution in [-0.4, -0.2) is 63.2 Å². The van der Waals surface area contributed by atoms with E-state index in [4.69, 9.17) is 15.0 Å². The summed E-state index contributed by atoms with van der Waals surface area (Å²) in [7, 11) is -5.07. The number of hydrogen-bond donors (Lipinski definition) is 3. The van der Waals surface area contributed by atoms with E-state index in [-0.39, 0.29) is 101 Å². The maximum absolute atomic E-state index is 12.2. The fraction of sp³-hybridized carbons (Fsp3) is 0.556.